The summed E-state index contributed by atoms with van der Waals surface area (Å²) in [6.07, 6.45) is 0. The molecule has 1 aromatic carbocycles. The van der Waals surface area contributed by atoms with Crippen LogP contribution in [0, 0.1) is 11.3 Å². The lowest BCUT2D eigenvalue weighted by molar-refractivity contribution is 0.108. The number of methoxy groups -OCH3 is 1. The summed E-state index contributed by atoms with van der Waals surface area (Å²) >= 11 is 0. The van der Waals surface area contributed by atoms with Crippen LogP contribution in [0.2, 0.25) is 0 Å². The van der Waals surface area contributed by atoms with Crippen molar-refractivity contribution in [3.63, 3.8) is 0 Å². The average Bonchev–Trinajstić information content (AvgIpc) is 2.49. The van der Waals surface area contributed by atoms with Gasteiger partial charge in [-0.3, -0.25) is 9.80 Å². The summed E-state index contributed by atoms with van der Waals surface area (Å²) in [4.78, 5) is 4.64. The number of nitrogens with zero attached hydrogens (tertiary/aromatic N) is 3. The molecule has 0 amide bonds. The van der Waals surface area contributed by atoms with E-state index < -0.39 is 0 Å². The third kappa shape index (κ3) is 3.70. The maximum atomic E-state index is 9.10. The van der Waals surface area contributed by atoms with E-state index in [2.05, 4.69) is 15.9 Å². The van der Waals surface area contributed by atoms with Crippen LogP contribution in [0.5, 0.6) is 5.75 Å². The molecule has 20 heavy (non-hydrogen) atoms. The number of hydrogen-bond acceptors (Lipinski definition) is 5. The zero-order valence-corrected chi connectivity index (χ0v) is 11.9. The van der Waals surface area contributed by atoms with E-state index in [-0.39, 0.29) is 6.61 Å². The predicted molar refractivity (Wildman–Crippen MR) is 76.5 cm³/mol. The van der Waals surface area contributed by atoms with E-state index in [1.165, 1.54) is 0 Å². The number of aliphatic hydroxyl groups excluding tert-OH is 1. The Morgan fingerprint density at radius 1 is 1.25 bits per heavy atom. The summed E-state index contributed by atoms with van der Waals surface area (Å²) < 4.78 is 5.16. The van der Waals surface area contributed by atoms with Crippen LogP contribution in [-0.2, 0) is 6.54 Å². The molecule has 1 aliphatic rings. The van der Waals surface area contributed by atoms with Gasteiger partial charge in [-0.1, -0.05) is 6.07 Å². The minimum Gasteiger partial charge on any atom is -0.495 e. The number of aliphatic hydroxyl groups is 1. The topological polar surface area (TPSA) is 59.7 Å². The highest BCUT2D eigenvalue weighted by atomic mass is 16.5. The Balaban J connectivity index is 1.93. The minimum absolute atomic E-state index is 0.226. The number of piperazine rings is 1. The Hall–Kier alpha value is -1.61. The summed E-state index contributed by atoms with van der Waals surface area (Å²) in [5.41, 5.74) is 1.72. The Bertz CT molecular complexity index is 476. The fourth-order valence-corrected chi connectivity index (χ4v) is 2.51. The number of hydrogen-bond donors (Lipinski definition) is 1. The van der Waals surface area contributed by atoms with Crippen molar-refractivity contribution in [3.05, 3.63) is 29.3 Å². The van der Waals surface area contributed by atoms with Crippen molar-refractivity contribution in [1.29, 1.82) is 5.26 Å². The van der Waals surface area contributed by atoms with Crippen LogP contribution in [0.3, 0.4) is 0 Å². The number of nitriles is 1. The highest BCUT2D eigenvalue weighted by Gasteiger charge is 2.16. The second kappa shape index (κ2) is 7.25. The molecule has 0 aliphatic carbocycles. The van der Waals surface area contributed by atoms with Crippen LogP contribution in [0.15, 0.2) is 18.2 Å². The molecular weight excluding hydrogens is 254 g/mol. The first-order valence-corrected chi connectivity index (χ1v) is 6.89. The molecule has 2 rings (SSSR count). The molecule has 0 atom stereocenters. The van der Waals surface area contributed by atoms with E-state index >= 15 is 0 Å². The van der Waals surface area contributed by atoms with Crippen LogP contribution in [0.1, 0.15) is 11.1 Å². The SMILES string of the molecule is COc1ccc(CN2CCN(CCO)CC2)cc1C#N. The molecule has 0 unspecified atom stereocenters. The standard InChI is InChI=1S/C15H21N3O2/c1-20-15-3-2-13(10-14(15)11-16)12-18-6-4-17(5-7-18)8-9-19/h2-3,10,19H,4-9,12H2,1H3. The number of ether oxygens (including phenoxy) is 1. The van der Waals surface area contributed by atoms with E-state index in [1.807, 2.05) is 18.2 Å². The van der Waals surface area contributed by atoms with Gasteiger partial charge in [-0.2, -0.15) is 5.26 Å². The molecule has 0 aromatic heterocycles. The zero-order valence-electron chi connectivity index (χ0n) is 11.9. The van der Waals surface area contributed by atoms with E-state index in [0.717, 1.165) is 44.8 Å². The average molecular weight is 275 g/mol. The van der Waals surface area contributed by atoms with Crippen molar-refractivity contribution in [3.8, 4) is 11.8 Å². The van der Waals surface area contributed by atoms with Gasteiger partial charge in [0.15, 0.2) is 0 Å². The van der Waals surface area contributed by atoms with Crippen molar-refractivity contribution in [2.24, 2.45) is 0 Å². The largest absolute Gasteiger partial charge is 0.495 e. The molecular formula is C15H21N3O2. The zero-order chi connectivity index (χ0) is 14.4. The van der Waals surface area contributed by atoms with Gasteiger partial charge in [0.25, 0.3) is 0 Å². The van der Waals surface area contributed by atoms with Gasteiger partial charge in [0.1, 0.15) is 11.8 Å². The van der Waals surface area contributed by atoms with Crippen LogP contribution in [0.4, 0.5) is 0 Å². The maximum Gasteiger partial charge on any atom is 0.136 e. The van der Waals surface area contributed by atoms with Gasteiger partial charge in [0.05, 0.1) is 19.3 Å². The number of benzene rings is 1. The lowest BCUT2D eigenvalue weighted by Gasteiger charge is -2.34. The summed E-state index contributed by atoms with van der Waals surface area (Å²) in [6, 6.07) is 7.94. The quantitative estimate of drug-likeness (QED) is 0.856. The summed E-state index contributed by atoms with van der Waals surface area (Å²) in [6.45, 7) is 5.80. The Morgan fingerprint density at radius 2 is 1.95 bits per heavy atom. The van der Waals surface area contributed by atoms with E-state index in [4.69, 9.17) is 15.1 Å². The first-order valence-electron chi connectivity index (χ1n) is 6.89. The third-order valence-electron chi connectivity index (χ3n) is 3.67. The predicted octanol–water partition coefficient (Wildman–Crippen LogP) is 0.677. The normalized spacial score (nSPS) is 16.9. The van der Waals surface area contributed by atoms with Gasteiger partial charge in [-0.05, 0) is 17.7 Å². The highest BCUT2D eigenvalue weighted by molar-refractivity contribution is 5.45. The van der Waals surface area contributed by atoms with Crippen molar-refractivity contribution in [2.45, 2.75) is 6.54 Å². The first kappa shape index (κ1) is 14.8. The second-order valence-electron chi connectivity index (χ2n) is 4.99. The second-order valence-corrected chi connectivity index (χ2v) is 4.99. The third-order valence-corrected chi connectivity index (χ3v) is 3.67. The van der Waals surface area contributed by atoms with Gasteiger partial charge in [0, 0.05) is 39.3 Å². The van der Waals surface area contributed by atoms with Gasteiger partial charge < -0.3 is 9.84 Å². The molecule has 1 heterocycles. The van der Waals surface area contributed by atoms with Crippen LogP contribution < -0.4 is 4.74 Å². The first-order chi connectivity index (χ1) is 9.76. The molecule has 1 fully saturated rings. The highest BCUT2D eigenvalue weighted by Crippen LogP contribution is 2.20. The monoisotopic (exact) mass is 275 g/mol. The smallest absolute Gasteiger partial charge is 0.136 e. The Labute approximate surface area is 120 Å². The van der Waals surface area contributed by atoms with Gasteiger partial charge in [0.2, 0.25) is 0 Å². The van der Waals surface area contributed by atoms with Crippen molar-refractivity contribution in [1.82, 2.24) is 9.80 Å². The molecule has 1 aliphatic heterocycles. The van der Waals surface area contributed by atoms with E-state index in [0.29, 0.717) is 11.3 Å². The summed E-state index contributed by atoms with van der Waals surface area (Å²) in [5, 5.41) is 18.0. The van der Waals surface area contributed by atoms with Crippen molar-refractivity contribution < 1.29 is 9.84 Å². The van der Waals surface area contributed by atoms with Gasteiger partial charge in [-0.25, -0.2) is 0 Å². The number of β-amino-alcohol motifs (C(OH)–C–C–N with tert-alkyl or cyclic N) is 1. The summed E-state index contributed by atoms with van der Waals surface area (Å²) in [5.74, 6) is 0.629. The minimum atomic E-state index is 0.226. The van der Waals surface area contributed by atoms with Gasteiger partial charge in [-0.15, -0.1) is 0 Å². The van der Waals surface area contributed by atoms with Crippen LogP contribution in [-0.4, -0.2) is 61.3 Å². The Kier molecular flexibility index (Phi) is 5.36. The van der Waals surface area contributed by atoms with Crippen molar-refractivity contribution in [2.75, 3.05) is 46.4 Å². The molecule has 0 spiro atoms. The summed E-state index contributed by atoms with van der Waals surface area (Å²) in [7, 11) is 1.58. The van der Waals surface area contributed by atoms with Crippen LogP contribution in [0.25, 0.3) is 0 Å². The van der Waals surface area contributed by atoms with E-state index in [9.17, 15) is 0 Å². The Morgan fingerprint density at radius 3 is 2.55 bits per heavy atom. The molecule has 108 valence electrons. The molecule has 5 nitrogen and oxygen atoms in total. The molecule has 0 bridgehead atoms. The number of rotatable bonds is 5. The van der Waals surface area contributed by atoms with Gasteiger partial charge >= 0.3 is 0 Å². The fourth-order valence-electron chi connectivity index (χ4n) is 2.51. The van der Waals surface area contributed by atoms with Crippen molar-refractivity contribution >= 4 is 0 Å². The molecule has 1 aromatic rings. The molecule has 0 saturated carbocycles. The fraction of sp³-hybridized carbons (Fsp3) is 0.533. The lowest BCUT2D eigenvalue weighted by atomic mass is 10.1. The molecule has 1 saturated heterocycles. The molecule has 1 N–H and O–H groups in total. The molecule has 0 radical (unpaired) electrons. The van der Waals surface area contributed by atoms with E-state index in [1.54, 1.807) is 7.11 Å². The van der Waals surface area contributed by atoms with Crippen LogP contribution >= 0.6 is 0 Å². The lowest BCUT2D eigenvalue weighted by Crippen LogP contribution is -2.46. The molecule has 5 heteroatoms. The maximum absolute atomic E-state index is 9.10.